The van der Waals surface area contributed by atoms with E-state index in [1.54, 1.807) is 22.5 Å². The quantitative estimate of drug-likeness (QED) is 0.612. The van der Waals surface area contributed by atoms with Gasteiger partial charge in [0.15, 0.2) is 0 Å². The molecule has 1 saturated heterocycles. The molecule has 0 radical (unpaired) electrons. The number of carbonyl (C=O) groups excluding carboxylic acids is 1. The van der Waals surface area contributed by atoms with E-state index in [0.717, 1.165) is 47.4 Å². The van der Waals surface area contributed by atoms with Crippen LogP contribution in [-0.2, 0) is 28.3 Å². The number of amides is 1. The number of fused-ring (bicyclic) bond motifs is 1. The average molecular weight is 455 g/mol. The van der Waals surface area contributed by atoms with Crippen LogP contribution in [0.25, 0.3) is 11.0 Å². The minimum Gasteiger partial charge on any atom is -0.331 e. The zero-order valence-corrected chi connectivity index (χ0v) is 19.7. The van der Waals surface area contributed by atoms with Gasteiger partial charge in [-0.25, -0.2) is 13.4 Å². The second kappa shape index (κ2) is 9.03. The number of aromatic nitrogens is 2. The van der Waals surface area contributed by atoms with Crippen LogP contribution in [0.2, 0.25) is 0 Å². The van der Waals surface area contributed by atoms with Gasteiger partial charge in [-0.15, -0.1) is 0 Å². The second-order valence-electron chi connectivity index (χ2n) is 8.63. The molecule has 1 aliphatic heterocycles. The number of carbonyl (C=O) groups is 1. The summed E-state index contributed by atoms with van der Waals surface area (Å²) in [6, 6.07) is 11.1. The van der Waals surface area contributed by atoms with Gasteiger partial charge in [0.1, 0.15) is 5.82 Å². The number of rotatable bonds is 6. The number of sulfonamides is 1. The molecule has 0 bridgehead atoms. The van der Waals surface area contributed by atoms with Gasteiger partial charge in [0, 0.05) is 38.7 Å². The molecule has 0 saturated carbocycles. The molecule has 3 aromatic rings. The van der Waals surface area contributed by atoms with Crippen molar-refractivity contribution in [2.45, 2.75) is 50.8 Å². The molecule has 4 rings (SSSR count). The van der Waals surface area contributed by atoms with Gasteiger partial charge >= 0.3 is 0 Å². The Morgan fingerprint density at radius 3 is 2.41 bits per heavy atom. The van der Waals surface area contributed by atoms with Crippen molar-refractivity contribution in [2.75, 3.05) is 18.4 Å². The van der Waals surface area contributed by atoms with Crippen molar-refractivity contribution >= 4 is 32.7 Å². The van der Waals surface area contributed by atoms with Gasteiger partial charge in [-0.05, 0) is 68.1 Å². The number of nitrogens with one attached hydrogen (secondary N) is 1. The van der Waals surface area contributed by atoms with Crippen LogP contribution in [0.4, 0.5) is 5.69 Å². The van der Waals surface area contributed by atoms with E-state index in [1.165, 1.54) is 0 Å². The van der Waals surface area contributed by atoms with E-state index >= 15 is 0 Å². The Kier molecular flexibility index (Phi) is 6.35. The average Bonchev–Trinajstić information content (AvgIpc) is 3.07. The van der Waals surface area contributed by atoms with Crippen LogP contribution in [0.1, 0.15) is 42.6 Å². The summed E-state index contributed by atoms with van der Waals surface area (Å²) in [4.78, 5) is 17.4. The minimum atomic E-state index is -3.50. The Hall–Kier alpha value is -2.71. The third-order valence-corrected chi connectivity index (χ3v) is 7.87. The fourth-order valence-electron chi connectivity index (χ4n) is 4.36. The van der Waals surface area contributed by atoms with Crippen LogP contribution in [0.15, 0.2) is 41.3 Å². The molecule has 0 aliphatic carbocycles. The molecule has 0 unspecified atom stereocenters. The topological polar surface area (TPSA) is 84.3 Å². The van der Waals surface area contributed by atoms with Crippen LogP contribution in [0, 0.1) is 13.8 Å². The molecule has 1 aromatic heterocycles. The summed E-state index contributed by atoms with van der Waals surface area (Å²) in [5, 5.41) is 2.95. The lowest BCUT2D eigenvalue weighted by Gasteiger charge is -2.25. The van der Waals surface area contributed by atoms with Crippen molar-refractivity contribution < 1.29 is 13.2 Å². The summed E-state index contributed by atoms with van der Waals surface area (Å²) in [6.45, 7) is 5.15. The number of anilines is 1. The van der Waals surface area contributed by atoms with Gasteiger partial charge in [0.25, 0.3) is 0 Å². The summed E-state index contributed by atoms with van der Waals surface area (Å²) in [5.74, 6) is 0.679. The maximum atomic E-state index is 13.0. The summed E-state index contributed by atoms with van der Waals surface area (Å²) >= 11 is 0. The minimum absolute atomic E-state index is 0.0737. The van der Waals surface area contributed by atoms with E-state index in [1.807, 2.05) is 37.6 Å². The molecule has 1 amide bonds. The molecule has 8 heteroatoms. The summed E-state index contributed by atoms with van der Waals surface area (Å²) in [7, 11) is -1.61. The molecule has 7 nitrogen and oxygen atoms in total. The fraction of sp³-hybridized carbons (Fsp3) is 0.417. The lowest BCUT2D eigenvalue weighted by Crippen LogP contribution is -2.35. The van der Waals surface area contributed by atoms with E-state index < -0.39 is 10.0 Å². The third-order valence-electron chi connectivity index (χ3n) is 5.98. The van der Waals surface area contributed by atoms with E-state index in [2.05, 4.69) is 16.4 Å². The molecule has 1 N–H and O–H groups in total. The van der Waals surface area contributed by atoms with Gasteiger partial charge in [0.05, 0.1) is 15.9 Å². The Labute approximate surface area is 189 Å². The molecule has 2 heterocycles. The molecule has 1 aliphatic rings. The smallest absolute Gasteiger partial charge is 0.243 e. The van der Waals surface area contributed by atoms with Crippen LogP contribution < -0.4 is 5.32 Å². The highest BCUT2D eigenvalue weighted by Gasteiger charge is 2.26. The van der Waals surface area contributed by atoms with Gasteiger partial charge in [-0.1, -0.05) is 12.5 Å². The normalized spacial score (nSPS) is 15.2. The van der Waals surface area contributed by atoms with Gasteiger partial charge in [0.2, 0.25) is 15.9 Å². The maximum Gasteiger partial charge on any atom is 0.243 e. The highest BCUT2D eigenvalue weighted by molar-refractivity contribution is 7.89. The molecular formula is C24H30N4O3S. The van der Waals surface area contributed by atoms with Crippen molar-refractivity contribution in [1.82, 2.24) is 13.9 Å². The maximum absolute atomic E-state index is 13.0. The van der Waals surface area contributed by atoms with Crippen molar-refractivity contribution in [3.8, 4) is 0 Å². The standard InChI is InChI=1S/C24H30N4O3S/c1-17-13-18(2)15-19(14-17)25-24(29)10-9-23-26-21-16-20(7-8-22(21)27(23)3)32(30,31)28-11-5-4-6-12-28/h7-8,13-16H,4-6,9-12H2,1-3H3,(H,25,29). The number of hydrogen-bond donors (Lipinski definition) is 1. The third kappa shape index (κ3) is 4.71. The largest absolute Gasteiger partial charge is 0.331 e. The molecule has 2 aromatic carbocycles. The number of hydrogen-bond acceptors (Lipinski definition) is 4. The first-order chi connectivity index (χ1) is 15.2. The van der Waals surface area contributed by atoms with Gasteiger partial charge in [-0.3, -0.25) is 4.79 Å². The second-order valence-corrected chi connectivity index (χ2v) is 10.6. The van der Waals surface area contributed by atoms with Crippen molar-refractivity contribution in [3.05, 3.63) is 53.3 Å². The van der Waals surface area contributed by atoms with Crippen molar-refractivity contribution in [3.63, 3.8) is 0 Å². The van der Waals surface area contributed by atoms with Crippen molar-refractivity contribution in [2.24, 2.45) is 7.05 Å². The van der Waals surface area contributed by atoms with Gasteiger partial charge in [-0.2, -0.15) is 4.31 Å². The molecule has 170 valence electrons. The van der Waals surface area contributed by atoms with Crippen LogP contribution in [0.3, 0.4) is 0 Å². The van der Waals surface area contributed by atoms with E-state index in [9.17, 15) is 13.2 Å². The number of nitrogens with zero attached hydrogens (tertiary/aromatic N) is 3. The van der Waals surface area contributed by atoms with Crippen molar-refractivity contribution in [1.29, 1.82) is 0 Å². The fourth-order valence-corrected chi connectivity index (χ4v) is 5.90. The molecule has 0 spiro atoms. The molecule has 1 fully saturated rings. The SMILES string of the molecule is Cc1cc(C)cc(NC(=O)CCc2nc3cc(S(=O)(=O)N4CCCCC4)ccc3n2C)c1. The molecular weight excluding hydrogens is 424 g/mol. The lowest BCUT2D eigenvalue weighted by molar-refractivity contribution is -0.116. The summed E-state index contributed by atoms with van der Waals surface area (Å²) in [6.07, 6.45) is 3.64. The van der Waals surface area contributed by atoms with E-state index in [4.69, 9.17) is 0 Å². The lowest BCUT2D eigenvalue weighted by atomic mass is 10.1. The highest BCUT2D eigenvalue weighted by Crippen LogP contribution is 2.25. The van der Waals surface area contributed by atoms with Gasteiger partial charge < -0.3 is 9.88 Å². The van der Waals surface area contributed by atoms with E-state index in [-0.39, 0.29) is 10.8 Å². The van der Waals surface area contributed by atoms with E-state index in [0.29, 0.717) is 31.4 Å². The van der Waals surface area contributed by atoms with Crippen LogP contribution in [0.5, 0.6) is 0 Å². The number of benzene rings is 2. The summed E-state index contributed by atoms with van der Waals surface area (Å²) in [5.41, 5.74) is 4.49. The Bertz CT molecular complexity index is 1240. The zero-order valence-electron chi connectivity index (χ0n) is 18.9. The zero-order chi connectivity index (χ0) is 22.9. The Morgan fingerprint density at radius 1 is 1.03 bits per heavy atom. The molecule has 32 heavy (non-hydrogen) atoms. The first-order valence-electron chi connectivity index (χ1n) is 11.1. The Morgan fingerprint density at radius 2 is 1.72 bits per heavy atom. The first kappa shape index (κ1) is 22.5. The number of piperidine rings is 1. The predicted molar refractivity (Wildman–Crippen MR) is 126 cm³/mol. The van der Waals surface area contributed by atoms with Crippen LogP contribution in [-0.4, -0.2) is 41.3 Å². The number of aryl methyl sites for hydroxylation is 4. The molecule has 0 atom stereocenters. The Balaban J connectivity index is 1.49. The predicted octanol–water partition coefficient (Wildman–Crippen LogP) is 3.94. The number of imidazole rings is 1. The summed E-state index contributed by atoms with van der Waals surface area (Å²) < 4.78 is 29.5. The van der Waals surface area contributed by atoms with Crippen LogP contribution >= 0.6 is 0 Å². The highest BCUT2D eigenvalue weighted by atomic mass is 32.2. The first-order valence-corrected chi connectivity index (χ1v) is 12.5. The monoisotopic (exact) mass is 454 g/mol.